The van der Waals surface area contributed by atoms with E-state index < -0.39 is 0 Å². The van der Waals surface area contributed by atoms with Crippen molar-refractivity contribution < 1.29 is 0 Å². The molecule has 2 rings (SSSR count). The Morgan fingerprint density at radius 1 is 1.21 bits per heavy atom. The number of aliphatic imine (C=N–C) groups is 1. The molecule has 14 heavy (non-hydrogen) atoms. The molecule has 3 atom stereocenters. The van der Waals surface area contributed by atoms with Gasteiger partial charge in [-0.15, -0.1) is 0 Å². The second kappa shape index (κ2) is 3.25. The molecule has 0 radical (unpaired) electrons. The second-order valence-electron chi connectivity index (χ2n) is 6.01. The summed E-state index contributed by atoms with van der Waals surface area (Å²) in [6, 6.07) is 0.549. The van der Waals surface area contributed by atoms with Crippen molar-refractivity contribution in [3.63, 3.8) is 0 Å². The predicted octanol–water partition coefficient (Wildman–Crippen LogP) is 2.58. The zero-order chi connectivity index (χ0) is 10.3. The van der Waals surface area contributed by atoms with Crippen LogP contribution in [0.25, 0.3) is 0 Å². The maximum absolute atomic E-state index is 6.01. The summed E-state index contributed by atoms with van der Waals surface area (Å²) in [6.07, 6.45) is 5.52. The van der Waals surface area contributed by atoms with Gasteiger partial charge in [-0.1, -0.05) is 27.2 Å². The van der Waals surface area contributed by atoms with Crippen LogP contribution in [0, 0.1) is 17.3 Å². The van der Waals surface area contributed by atoms with Crippen LogP contribution in [-0.4, -0.2) is 11.9 Å². The van der Waals surface area contributed by atoms with Gasteiger partial charge in [0.05, 0.1) is 11.9 Å². The number of hydrogen-bond donors (Lipinski definition) is 1. The molecule has 0 aliphatic heterocycles. The van der Waals surface area contributed by atoms with Crippen molar-refractivity contribution >= 4 is 5.84 Å². The SMILES string of the molecule is CC(C)(C)C(N)=NC1CC2CCC1C2. The first-order valence-electron chi connectivity index (χ1n) is 5.80. The summed E-state index contributed by atoms with van der Waals surface area (Å²) in [4.78, 5) is 4.72. The van der Waals surface area contributed by atoms with Gasteiger partial charge in [0.2, 0.25) is 0 Å². The van der Waals surface area contributed by atoms with Crippen molar-refractivity contribution in [3.8, 4) is 0 Å². The fourth-order valence-corrected chi connectivity index (χ4v) is 2.74. The van der Waals surface area contributed by atoms with Crippen LogP contribution >= 0.6 is 0 Å². The Labute approximate surface area is 87.0 Å². The molecule has 2 aliphatic carbocycles. The molecular weight excluding hydrogens is 172 g/mol. The minimum absolute atomic E-state index is 0.0435. The number of rotatable bonds is 1. The number of nitrogens with zero attached hydrogens (tertiary/aromatic N) is 1. The van der Waals surface area contributed by atoms with Gasteiger partial charge in [0.15, 0.2) is 0 Å². The fourth-order valence-electron chi connectivity index (χ4n) is 2.74. The Balaban J connectivity index is 2.04. The average molecular weight is 194 g/mol. The molecule has 2 nitrogen and oxygen atoms in total. The standard InChI is InChI=1S/C12H22N2/c1-12(2,3)11(13)14-10-7-8-4-5-9(10)6-8/h8-10H,4-7H2,1-3H3,(H2,13,14). The summed E-state index contributed by atoms with van der Waals surface area (Å²) in [6.45, 7) is 6.41. The smallest absolute Gasteiger partial charge is 0.0994 e. The second-order valence-corrected chi connectivity index (χ2v) is 6.01. The van der Waals surface area contributed by atoms with Crippen LogP contribution in [0.3, 0.4) is 0 Å². The molecule has 0 aromatic carbocycles. The van der Waals surface area contributed by atoms with E-state index in [-0.39, 0.29) is 5.41 Å². The summed E-state index contributed by atoms with van der Waals surface area (Å²) in [5.41, 5.74) is 6.06. The molecule has 0 spiro atoms. The highest BCUT2D eigenvalue weighted by atomic mass is 14.9. The lowest BCUT2D eigenvalue weighted by molar-refractivity contribution is 0.415. The third kappa shape index (κ3) is 1.79. The van der Waals surface area contributed by atoms with E-state index >= 15 is 0 Å². The summed E-state index contributed by atoms with van der Waals surface area (Å²) in [5, 5.41) is 0. The Hall–Kier alpha value is -0.530. The number of hydrogen-bond acceptors (Lipinski definition) is 1. The minimum Gasteiger partial charge on any atom is -0.387 e. The molecule has 2 heteroatoms. The van der Waals surface area contributed by atoms with E-state index in [1.807, 2.05) is 0 Å². The molecule has 2 aliphatic rings. The Bertz CT molecular complexity index is 250. The Morgan fingerprint density at radius 2 is 1.93 bits per heavy atom. The zero-order valence-electron chi connectivity index (χ0n) is 9.59. The lowest BCUT2D eigenvalue weighted by Gasteiger charge is -2.23. The highest BCUT2D eigenvalue weighted by Gasteiger charge is 2.39. The first-order chi connectivity index (χ1) is 6.47. The first-order valence-corrected chi connectivity index (χ1v) is 5.80. The van der Waals surface area contributed by atoms with Gasteiger partial charge in [0, 0.05) is 5.41 Å². The molecule has 2 fully saturated rings. The number of amidine groups is 1. The quantitative estimate of drug-likeness (QED) is 0.505. The van der Waals surface area contributed by atoms with Crippen LogP contribution in [0.15, 0.2) is 4.99 Å². The van der Waals surface area contributed by atoms with Gasteiger partial charge >= 0.3 is 0 Å². The maximum Gasteiger partial charge on any atom is 0.0994 e. The molecule has 0 aromatic heterocycles. The van der Waals surface area contributed by atoms with Gasteiger partial charge in [-0.3, -0.25) is 4.99 Å². The molecule has 3 unspecified atom stereocenters. The highest BCUT2D eigenvalue weighted by molar-refractivity contribution is 5.85. The molecular formula is C12H22N2. The molecule has 0 aromatic rings. The average Bonchev–Trinajstić information content (AvgIpc) is 2.62. The topological polar surface area (TPSA) is 38.4 Å². The monoisotopic (exact) mass is 194 g/mol. The molecule has 2 bridgehead atoms. The van der Waals surface area contributed by atoms with Crippen molar-refractivity contribution in [1.82, 2.24) is 0 Å². The van der Waals surface area contributed by atoms with Crippen molar-refractivity contribution in [3.05, 3.63) is 0 Å². The lowest BCUT2D eigenvalue weighted by Crippen LogP contribution is -2.31. The van der Waals surface area contributed by atoms with Gasteiger partial charge in [0.1, 0.15) is 0 Å². The van der Waals surface area contributed by atoms with Crippen LogP contribution < -0.4 is 5.73 Å². The molecule has 0 heterocycles. The third-order valence-electron chi connectivity index (χ3n) is 3.77. The van der Waals surface area contributed by atoms with Crippen molar-refractivity contribution in [1.29, 1.82) is 0 Å². The molecule has 80 valence electrons. The van der Waals surface area contributed by atoms with Gasteiger partial charge in [-0.2, -0.15) is 0 Å². The molecule has 2 saturated carbocycles. The van der Waals surface area contributed by atoms with Crippen LogP contribution in [0.4, 0.5) is 0 Å². The van der Waals surface area contributed by atoms with Gasteiger partial charge in [0.25, 0.3) is 0 Å². The zero-order valence-corrected chi connectivity index (χ0v) is 9.59. The van der Waals surface area contributed by atoms with Crippen molar-refractivity contribution in [2.45, 2.75) is 52.5 Å². The van der Waals surface area contributed by atoms with Crippen LogP contribution in [0.1, 0.15) is 46.5 Å². The van der Waals surface area contributed by atoms with E-state index in [2.05, 4.69) is 20.8 Å². The minimum atomic E-state index is 0.0435. The number of fused-ring (bicyclic) bond motifs is 2. The molecule has 0 saturated heterocycles. The van der Waals surface area contributed by atoms with Crippen LogP contribution in [0.2, 0.25) is 0 Å². The third-order valence-corrected chi connectivity index (χ3v) is 3.77. The van der Waals surface area contributed by atoms with Crippen molar-refractivity contribution in [2.24, 2.45) is 28.0 Å². The Kier molecular flexibility index (Phi) is 2.32. The summed E-state index contributed by atoms with van der Waals surface area (Å²) in [7, 11) is 0. The number of nitrogens with two attached hydrogens (primary N) is 1. The fraction of sp³-hybridized carbons (Fsp3) is 0.917. The Morgan fingerprint density at radius 3 is 2.36 bits per heavy atom. The summed E-state index contributed by atoms with van der Waals surface area (Å²) >= 11 is 0. The summed E-state index contributed by atoms with van der Waals surface area (Å²) < 4.78 is 0. The van der Waals surface area contributed by atoms with E-state index in [1.54, 1.807) is 0 Å². The van der Waals surface area contributed by atoms with Gasteiger partial charge < -0.3 is 5.73 Å². The highest BCUT2D eigenvalue weighted by Crippen LogP contribution is 2.46. The van der Waals surface area contributed by atoms with E-state index in [9.17, 15) is 0 Å². The largest absolute Gasteiger partial charge is 0.387 e. The first kappa shape index (κ1) is 10.0. The summed E-state index contributed by atoms with van der Waals surface area (Å²) in [5.74, 6) is 2.65. The van der Waals surface area contributed by atoms with Crippen LogP contribution in [-0.2, 0) is 0 Å². The van der Waals surface area contributed by atoms with E-state index in [0.717, 1.165) is 17.7 Å². The lowest BCUT2D eigenvalue weighted by atomic mass is 9.93. The van der Waals surface area contributed by atoms with Crippen molar-refractivity contribution in [2.75, 3.05) is 0 Å². The van der Waals surface area contributed by atoms with E-state index in [0.29, 0.717) is 6.04 Å². The van der Waals surface area contributed by atoms with E-state index in [4.69, 9.17) is 10.7 Å². The van der Waals surface area contributed by atoms with E-state index in [1.165, 1.54) is 25.7 Å². The molecule has 2 N–H and O–H groups in total. The predicted molar refractivity (Wildman–Crippen MR) is 60.3 cm³/mol. The maximum atomic E-state index is 6.01. The van der Waals surface area contributed by atoms with Gasteiger partial charge in [-0.05, 0) is 31.1 Å². The van der Waals surface area contributed by atoms with Gasteiger partial charge in [-0.25, -0.2) is 0 Å². The molecule has 0 amide bonds. The van der Waals surface area contributed by atoms with Crippen LogP contribution in [0.5, 0.6) is 0 Å². The normalized spacial score (nSPS) is 37.9.